The normalized spacial score (nSPS) is 11.2. The van der Waals surface area contributed by atoms with Crippen molar-refractivity contribution in [2.45, 2.75) is 29.7 Å². The quantitative estimate of drug-likeness (QED) is 0.805. The fourth-order valence-electron chi connectivity index (χ4n) is 2.09. The summed E-state index contributed by atoms with van der Waals surface area (Å²) in [4.78, 5) is 25.6. The first-order valence-electron chi connectivity index (χ1n) is 7.81. The number of ether oxygens (including phenoxy) is 1. The number of carbonyl (C=O) groups excluding carboxylic acids is 2. The second-order valence-corrected chi connectivity index (χ2v) is 6.23. The minimum absolute atomic E-state index is 0.337. The number of nitrogens with one attached hydrogen (secondary N) is 1. The molecule has 0 aliphatic heterocycles. The van der Waals surface area contributed by atoms with Gasteiger partial charge in [-0.25, -0.2) is 4.79 Å². The lowest BCUT2D eigenvalue weighted by molar-refractivity contribution is -0.128. The summed E-state index contributed by atoms with van der Waals surface area (Å²) in [6, 6.07) is 16.3. The van der Waals surface area contributed by atoms with Gasteiger partial charge in [-0.05, 0) is 38.1 Å². The van der Waals surface area contributed by atoms with Gasteiger partial charge in [0, 0.05) is 16.3 Å². The second-order valence-electron chi connectivity index (χ2n) is 5.15. The number of carbonyl (C=O) groups is 2. The molecule has 2 aromatic rings. The summed E-state index contributed by atoms with van der Waals surface area (Å²) >= 11 is 1.32. The van der Waals surface area contributed by atoms with Crippen LogP contribution in [0.4, 0.5) is 0 Å². The van der Waals surface area contributed by atoms with Crippen LogP contribution < -0.4 is 5.32 Å². The lowest BCUT2D eigenvalue weighted by atomic mass is 10.2. The third-order valence-corrected chi connectivity index (χ3v) is 4.49. The molecule has 1 N–H and O–H groups in total. The van der Waals surface area contributed by atoms with Gasteiger partial charge in [0.05, 0.1) is 11.1 Å². The largest absolute Gasteiger partial charge is 0.449 e. The molecule has 0 spiro atoms. The van der Waals surface area contributed by atoms with Crippen molar-refractivity contribution >= 4 is 23.6 Å². The average Bonchev–Trinajstić information content (AvgIpc) is 2.62. The Kier molecular flexibility index (Phi) is 6.61. The fourth-order valence-corrected chi connectivity index (χ4v) is 3.10. The van der Waals surface area contributed by atoms with E-state index >= 15 is 0 Å². The van der Waals surface area contributed by atoms with Gasteiger partial charge in [0.15, 0.2) is 6.10 Å². The number of esters is 1. The summed E-state index contributed by atoms with van der Waals surface area (Å²) < 4.78 is 5.26. The molecule has 0 radical (unpaired) electrons. The SMILES string of the molecule is CCNC(=O)[C@H](C)OC(=O)c1ccccc1Sc1ccccc1C#N. The number of likely N-dealkylation sites (N-methyl/N-ethyl adjacent to an activating group) is 1. The van der Waals surface area contributed by atoms with E-state index in [4.69, 9.17) is 4.74 Å². The average molecular weight is 354 g/mol. The van der Waals surface area contributed by atoms with Crippen LogP contribution in [-0.2, 0) is 9.53 Å². The Labute approximate surface area is 151 Å². The molecule has 1 amide bonds. The molecule has 6 heteroatoms. The van der Waals surface area contributed by atoms with Gasteiger partial charge < -0.3 is 10.1 Å². The molecule has 2 aromatic carbocycles. The summed E-state index contributed by atoms with van der Waals surface area (Å²) in [5.74, 6) is -0.910. The van der Waals surface area contributed by atoms with E-state index in [1.54, 1.807) is 43.3 Å². The van der Waals surface area contributed by atoms with E-state index in [1.165, 1.54) is 18.7 Å². The zero-order chi connectivity index (χ0) is 18.2. The van der Waals surface area contributed by atoms with Crippen molar-refractivity contribution in [3.63, 3.8) is 0 Å². The van der Waals surface area contributed by atoms with Crippen molar-refractivity contribution in [3.05, 3.63) is 59.7 Å². The fraction of sp³-hybridized carbons (Fsp3) is 0.211. The van der Waals surface area contributed by atoms with E-state index in [0.29, 0.717) is 22.6 Å². The lowest BCUT2D eigenvalue weighted by Gasteiger charge is -2.14. The number of nitrogens with zero attached hydrogens (tertiary/aromatic N) is 1. The van der Waals surface area contributed by atoms with Gasteiger partial charge in [-0.15, -0.1) is 0 Å². The highest BCUT2D eigenvalue weighted by Crippen LogP contribution is 2.32. The van der Waals surface area contributed by atoms with Crippen LogP contribution in [0.15, 0.2) is 58.3 Å². The Morgan fingerprint density at radius 2 is 1.80 bits per heavy atom. The minimum atomic E-state index is -0.878. The van der Waals surface area contributed by atoms with Gasteiger partial charge in [0.2, 0.25) is 0 Å². The van der Waals surface area contributed by atoms with Crippen molar-refractivity contribution < 1.29 is 14.3 Å². The van der Waals surface area contributed by atoms with Gasteiger partial charge in [0.1, 0.15) is 6.07 Å². The summed E-state index contributed by atoms with van der Waals surface area (Å²) in [5, 5.41) is 11.8. The summed E-state index contributed by atoms with van der Waals surface area (Å²) in [6.07, 6.45) is -0.878. The Bertz CT molecular complexity index is 814. The molecule has 5 nitrogen and oxygen atoms in total. The van der Waals surface area contributed by atoms with Crippen LogP contribution in [0.2, 0.25) is 0 Å². The van der Waals surface area contributed by atoms with E-state index in [1.807, 2.05) is 12.1 Å². The lowest BCUT2D eigenvalue weighted by Crippen LogP contribution is -2.35. The number of hydrogen-bond acceptors (Lipinski definition) is 5. The molecule has 1 atom stereocenters. The monoisotopic (exact) mass is 354 g/mol. The highest BCUT2D eigenvalue weighted by atomic mass is 32.2. The molecule has 0 bridgehead atoms. The zero-order valence-electron chi connectivity index (χ0n) is 14.0. The molecule has 0 unspecified atom stereocenters. The standard InChI is InChI=1S/C19H18N2O3S/c1-3-21-18(22)13(2)24-19(23)15-9-5-7-11-17(15)25-16-10-6-4-8-14(16)12-20/h4-11,13H,3H2,1-2H3,(H,21,22)/t13-/m0/s1. The molecule has 2 rings (SSSR count). The Balaban J connectivity index is 2.22. The summed E-state index contributed by atoms with van der Waals surface area (Å²) in [5.41, 5.74) is 0.891. The van der Waals surface area contributed by atoms with Crippen LogP contribution in [0, 0.1) is 11.3 Å². The number of rotatable bonds is 6. The van der Waals surface area contributed by atoms with Crippen molar-refractivity contribution in [3.8, 4) is 6.07 Å². The van der Waals surface area contributed by atoms with Crippen molar-refractivity contribution in [2.75, 3.05) is 6.54 Å². The predicted molar refractivity (Wildman–Crippen MR) is 95.3 cm³/mol. The third-order valence-electron chi connectivity index (χ3n) is 3.34. The Morgan fingerprint density at radius 3 is 2.48 bits per heavy atom. The number of nitriles is 1. The number of amides is 1. The molecule has 0 aliphatic rings. The maximum Gasteiger partial charge on any atom is 0.340 e. The van der Waals surface area contributed by atoms with Gasteiger partial charge >= 0.3 is 5.97 Å². The molecule has 25 heavy (non-hydrogen) atoms. The van der Waals surface area contributed by atoms with Crippen molar-refractivity contribution in [2.24, 2.45) is 0 Å². The van der Waals surface area contributed by atoms with Crippen molar-refractivity contribution in [1.29, 1.82) is 5.26 Å². The van der Waals surface area contributed by atoms with Crippen LogP contribution in [0.1, 0.15) is 29.8 Å². The maximum absolute atomic E-state index is 12.4. The summed E-state index contributed by atoms with van der Waals surface area (Å²) in [7, 11) is 0. The first-order valence-corrected chi connectivity index (χ1v) is 8.63. The highest BCUT2D eigenvalue weighted by molar-refractivity contribution is 7.99. The van der Waals surface area contributed by atoms with Gasteiger partial charge in [-0.3, -0.25) is 4.79 Å². The van der Waals surface area contributed by atoms with Gasteiger partial charge in [0.25, 0.3) is 5.91 Å². The topological polar surface area (TPSA) is 79.2 Å². The van der Waals surface area contributed by atoms with Gasteiger partial charge in [-0.2, -0.15) is 5.26 Å². The van der Waals surface area contributed by atoms with Crippen LogP contribution in [0.5, 0.6) is 0 Å². The minimum Gasteiger partial charge on any atom is -0.449 e. The molecular weight excluding hydrogens is 336 g/mol. The molecule has 0 fully saturated rings. The predicted octanol–water partition coefficient (Wildman–Crippen LogP) is 3.39. The van der Waals surface area contributed by atoms with Crippen LogP contribution in [0.3, 0.4) is 0 Å². The van der Waals surface area contributed by atoms with E-state index in [9.17, 15) is 14.9 Å². The zero-order valence-corrected chi connectivity index (χ0v) is 14.8. The molecule has 128 valence electrons. The first-order chi connectivity index (χ1) is 12.1. The Morgan fingerprint density at radius 1 is 1.16 bits per heavy atom. The van der Waals surface area contributed by atoms with Crippen molar-refractivity contribution in [1.82, 2.24) is 5.32 Å². The van der Waals surface area contributed by atoms with Crippen LogP contribution in [0.25, 0.3) is 0 Å². The molecule has 0 aromatic heterocycles. The molecule has 0 saturated heterocycles. The van der Waals surface area contributed by atoms with E-state index in [2.05, 4.69) is 11.4 Å². The highest BCUT2D eigenvalue weighted by Gasteiger charge is 2.20. The summed E-state index contributed by atoms with van der Waals surface area (Å²) in [6.45, 7) is 3.80. The van der Waals surface area contributed by atoms with Gasteiger partial charge in [-0.1, -0.05) is 36.0 Å². The first kappa shape index (κ1) is 18.6. The van der Waals surface area contributed by atoms with E-state index < -0.39 is 12.1 Å². The van der Waals surface area contributed by atoms with Crippen LogP contribution in [-0.4, -0.2) is 24.5 Å². The third kappa shape index (κ3) is 4.85. The Hall–Kier alpha value is -2.78. The number of hydrogen-bond donors (Lipinski definition) is 1. The van der Waals surface area contributed by atoms with E-state index in [-0.39, 0.29) is 5.91 Å². The molecule has 0 saturated carbocycles. The second kappa shape index (κ2) is 8.90. The smallest absolute Gasteiger partial charge is 0.340 e. The van der Waals surface area contributed by atoms with Crippen LogP contribution >= 0.6 is 11.8 Å². The molecule has 0 aliphatic carbocycles. The molecular formula is C19H18N2O3S. The molecule has 0 heterocycles. The number of benzene rings is 2. The van der Waals surface area contributed by atoms with E-state index in [0.717, 1.165) is 4.90 Å². The maximum atomic E-state index is 12.4.